The van der Waals surface area contributed by atoms with Gasteiger partial charge >= 0.3 is 12.2 Å². The van der Waals surface area contributed by atoms with E-state index in [1.807, 2.05) is 19.1 Å². The van der Waals surface area contributed by atoms with Crippen LogP contribution in [0.1, 0.15) is 91.6 Å². The van der Waals surface area contributed by atoms with E-state index >= 15 is 0 Å². The predicted molar refractivity (Wildman–Crippen MR) is 225 cm³/mol. The maximum atomic E-state index is 14.2. The van der Waals surface area contributed by atoms with Crippen LogP contribution in [0.4, 0.5) is 21.0 Å². The monoisotopic (exact) mass is 823 g/mol. The smallest absolute Gasteiger partial charge is 0.411 e. The summed E-state index contributed by atoms with van der Waals surface area (Å²) in [6.07, 6.45) is 3.72. The average Bonchev–Trinajstić information content (AvgIpc) is 3.57. The predicted octanol–water partition coefficient (Wildman–Crippen LogP) is 7.40. The van der Waals surface area contributed by atoms with Crippen LogP contribution in [0, 0.1) is 5.92 Å². The second kappa shape index (κ2) is 20.9. The maximum Gasteiger partial charge on any atom is 0.411 e. The Morgan fingerprint density at radius 3 is 2.02 bits per heavy atom. The van der Waals surface area contributed by atoms with Crippen LogP contribution < -0.4 is 30.4 Å². The van der Waals surface area contributed by atoms with Gasteiger partial charge in [0, 0.05) is 18.0 Å². The van der Waals surface area contributed by atoms with Crippen LogP contribution in [0.25, 0.3) is 0 Å². The molecule has 5 amide bonds. The number of carbonyl (C=O) groups is 5. The summed E-state index contributed by atoms with van der Waals surface area (Å²) in [5.74, 6) is -1.22. The third-order valence-corrected chi connectivity index (χ3v) is 16.3. The van der Waals surface area contributed by atoms with E-state index in [1.54, 1.807) is 56.4 Å². The van der Waals surface area contributed by atoms with Crippen molar-refractivity contribution >= 4 is 49.6 Å². The zero-order chi connectivity index (χ0) is 43.5. The van der Waals surface area contributed by atoms with Crippen LogP contribution in [0.3, 0.4) is 0 Å². The summed E-state index contributed by atoms with van der Waals surface area (Å²) in [4.78, 5) is 65.6. The normalized spacial score (nSPS) is 15.3. The first-order valence-corrected chi connectivity index (χ1v) is 21.7. The molecule has 1 aliphatic heterocycles. The molecule has 0 aromatic heterocycles. The van der Waals surface area contributed by atoms with Gasteiger partial charge in [-0.25, -0.2) is 9.59 Å². The number of carbonyl (C=O) groups excluding carboxylic acids is 4. The first kappa shape index (κ1) is 47.0. The lowest BCUT2D eigenvalue weighted by Crippen LogP contribution is -2.53. The third-order valence-electron chi connectivity index (χ3n) is 10.3. The molecule has 0 unspecified atom stereocenters. The fourth-order valence-corrected chi connectivity index (χ4v) is 12.7. The van der Waals surface area contributed by atoms with Crippen molar-refractivity contribution in [2.24, 2.45) is 5.92 Å². The summed E-state index contributed by atoms with van der Waals surface area (Å²) in [6.45, 7) is 19.2. The average molecular weight is 824 g/mol. The van der Waals surface area contributed by atoms with E-state index < -0.39 is 56.4 Å². The van der Waals surface area contributed by atoms with E-state index in [-0.39, 0.29) is 47.0 Å². The highest BCUT2D eigenvalue weighted by molar-refractivity contribution is 6.78. The Morgan fingerprint density at radius 1 is 0.879 bits per heavy atom. The first-order chi connectivity index (χ1) is 27.3. The summed E-state index contributed by atoms with van der Waals surface area (Å²) in [6, 6.07) is 7.16. The molecule has 0 radical (unpaired) electrons. The summed E-state index contributed by atoms with van der Waals surface area (Å²) in [5, 5.41) is 29.4. The van der Waals surface area contributed by atoms with Gasteiger partial charge in [-0.1, -0.05) is 79.7 Å². The van der Waals surface area contributed by atoms with Crippen LogP contribution in [0.15, 0.2) is 60.3 Å². The molecule has 2 aromatic rings. The number of methoxy groups -OCH3 is 1. The van der Waals surface area contributed by atoms with Crippen molar-refractivity contribution in [2.45, 2.75) is 117 Å². The van der Waals surface area contributed by atoms with E-state index in [9.17, 15) is 29.1 Å². The van der Waals surface area contributed by atoms with Crippen molar-refractivity contribution in [1.29, 1.82) is 0 Å². The topological polar surface area (TPSA) is 205 Å². The second-order valence-electron chi connectivity index (χ2n) is 15.7. The first-order valence-electron chi connectivity index (χ1n) is 19.6. The molecule has 2 aromatic carbocycles. The van der Waals surface area contributed by atoms with Crippen LogP contribution in [-0.4, -0.2) is 85.2 Å². The van der Waals surface area contributed by atoms with Gasteiger partial charge in [-0.2, -0.15) is 0 Å². The molecule has 0 saturated carbocycles. The van der Waals surface area contributed by atoms with Crippen LogP contribution in [0.5, 0.6) is 11.5 Å². The SMILES string of the molecule is C/C=C/C1=CN(C(=O)c2cc(OC)c(O[Si](C(C)C)(C(C)C)C(C)C)cc2NC(=O)OCc2ccc(NC(=O)[C@H](C)NC(=O)[C@@H](NC(=O)O)C(C)C)cc2)[C@H](CO)C1. The molecule has 3 atom stereocenters. The highest BCUT2D eigenvalue weighted by atomic mass is 28.4. The number of benzene rings is 2. The Kier molecular flexibility index (Phi) is 16.9. The number of hydrogen-bond donors (Lipinski definition) is 6. The molecule has 6 N–H and O–H groups in total. The Labute approximate surface area is 342 Å². The molecule has 15 nitrogen and oxygen atoms in total. The van der Waals surface area contributed by atoms with E-state index in [0.29, 0.717) is 29.2 Å². The number of hydrogen-bond acceptors (Lipinski definition) is 9. The van der Waals surface area contributed by atoms with E-state index in [1.165, 1.54) is 18.9 Å². The quantitative estimate of drug-likeness (QED) is 0.0822. The Morgan fingerprint density at radius 2 is 1.50 bits per heavy atom. The highest BCUT2D eigenvalue weighted by Crippen LogP contribution is 2.46. The van der Waals surface area contributed by atoms with Gasteiger partial charge < -0.3 is 45.0 Å². The number of aliphatic hydroxyl groups excluding tert-OH is 1. The van der Waals surface area contributed by atoms with Crippen molar-refractivity contribution in [1.82, 2.24) is 15.5 Å². The van der Waals surface area contributed by atoms with Crippen molar-refractivity contribution in [3.63, 3.8) is 0 Å². The van der Waals surface area contributed by atoms with Gasteiger partial charge in [-0.05, 0) is 72.1 Å². The minimum absolute atomic E-state index is 0.117. The molecule has 1 aliphatic rings. The minimum Gasteiger partial charge on any atom is -0.540 e. The summed E-state index contributed by atoms with van der Waals surface area (Å²) >= 11 is 0. The van der Waals surface area contributed by atoms with Crippen molar-refractivity contribution in [2.75, 3.05) is 24.4 Å². The van der Waals surface area contributed by atoms with Gasteiger partial charge in [0.1, 0.15) is 24.4 Å². The number of ether oxygens (including phenoxy) is 2. The zero-order valence-corrected chi connectivity index (χ0v) is 36.5. The Hall–Kier alpha value is -5.35. The largest absolute Gasteiger partial charge is 0.540 e. The molecule has 1 heterocycles. The summed E-state index contributed by atoms with van der Waals surface area (Å²) in [5.41, 5.74) is 2.80. The Bertz CT molecular complexity index is 1820. The van der Waals surface area contributed by atoms with Crippen LogP contribution in [-0.2, 0) is 20.9 Å². The van der Waals surface area contributed by atoms with Crippen LogP contribution in [0.2, 0.25) is 16.6 Å². The van der Waals surface area contributed by atoms with Gasteiger partial charge in [-0.3, -0.25) is 19.7 Å². The number of nitrogens with one attached hydrogen (secondary N) is 4. The minimum atomic E-state index is -2.52. The second-order valence-corrected chi connectivity index (χ2v) is 21.1. The van der Waals surface area contributed by atoms with Gasteiger partial charge in [0.05, 0.1) is 31.0 Å². The lowest BCUT2D eigenvalue weighted by molar-refractivity contribution is -0.128. The van der Waals surface area contributed by atoms with Crippen molar-refractivity contribution in [3.05, 3.63) is 71.5 Å². The highest BCUT2D eigenvalue weighted by Gasteiger charge is 2.47. The van der Waals surface area contributed by atoms with E-state index in [0.717, 1.165) is 5.57 Å². The molecule has 0 saturated heterocycles. The molecule has 58 heavy (non-hydrogen) atoms. The lowest BCUT2D eigenvalue weighted by atomic mass is 10.0. The number of nitrogens with zero attached hydrogens (tertiary/aromatic N) is 1. The molecule has 0 spiro atoms. The van der Waals surface area contributed by atoms with E-state index in [2.05, 4.69) is 62.8 Å². The summed E-state index contributed by atoms with van der Waals surface area (Å²) < 4.78 is 18.4. The number of carboxylic acid groups (broad SMARTS) is 1. The fourth-order valence-electron chi connectivity index (χ4n) is 7.44. The number of amides is 5. The molecule has 3 rings (SSSR count). The molecule has 16 heteroatoms. The van der Waals surface area contributed by atoms with Gasteiger partial charge in [0.2, 0.25) is 11.8 Å². The molecule has 0 bridgehead atoms. The fraction of sp³-hybridized carbons (Fsp3) is 0.500. The zero-order valence-electron chi connectivity index (χ0n) is 35.5. The number of rotatable bonds is 18. The molecule has 0 fully saturated rings. The lowest BCUT2D eigenvalue weighted by Gasteiger charge is -2.42. The van der Waals surface area contributed by atoms with Gasteiger partial charge in [-0.15, -0.1) is 0 Å². The van der Waals surface area contributed by atoms with Crippen molar-refractivity contribution < 1.29 is 48.1 Å². The number of aliphatic hydroxyl groups is 1. The Balaban J connectivity index is 1.85. The van der Waals surface area contributed by atoms with E-state index in [4.69, 9.17) is 19.0 Å². The third kappa shape index (κ3) is 11.6. The molecular weight excluding hydrogens is 763 g/mol. The standard InChI is InChI=1S/C42H61N5O10Si/c1-12-13-30-18-32(22-48)47(21-30)40(51)33-19-35(55-11)36(57-58(25(4)5,26(6)7)27(8)9)20-34(33)45-42(54)56-23-29-14-16-31(17-15-29)44-38(49)28(10)43-39(50)37(24(2)3)46-41(52)53/h12-17,19-21,24-28,32,37,46,48H,18,22-23H2,1-11H3,(H,43,50)(H,44,49)(H,45,54)(H,52,53)/b13-12+/t28-,32-,37-/m0/s1. The number of anilines is 2. The van der Waals surface area contributed by atoms with Gasteiger partial charge in [0.15, 0.2) is 5.75 Å². The summed E-state index contributed by atoms with van der Waals surface area (Å²) in [7, 11) is -1.03. The molecule has 318 valence electrons. The molecule has 0 aliphatic carbocycles. The van der Waals surface area contributed by atoms with Gasteiger partial charge in [0.25, 0.3) is 14.2 Å². The van der Waals surface area contributed by atoms with Crippen LogP contribution >= 0.6 is 0 Å². The molecular formula is C42H61N5O10Si. The van der Waals surface area contributed by atoms with Crippen molar-refractivity contribution in [3.8, 4) is 11.5 Å². The number of allylic oxidation sites excluding steroid dienone is 2. The maximum absolute atomic E-state index is 14.2.